The number of nitrogens with one attached hydrogen (secondary N) is 1. The van der Waals surface area contributed by atoms with Gasteiger partial charge in [0.1, 0.15) is 0 Å². The minimum absolute atomic E-state index is 0.240. The normalized spacial score (nSPS) is 9.74. The molecule has 19 heavy (non-hydrogen) atoms. The predicted molar refractivity (Wildman–Crippen MR) is 80.5 cm³/mol. The van der Waals surface area contributed by atoms with E-state index in [2.05, 4.69) is 33.9 Å². The average Bonchev–Trinajstić information content (AvgIpc) is 2.41. The Kier molecular flexibility index (Phi) is 4.25. The van der Waals surface area contributed by atoms with Gasteiger partial charge in [0.2, 0.25) is 0 Å². The van der Waals surface area contributed by atoms with E-state index in [1.807, 2.05) is 12.1 Å². The molecule has 0 aromatic heterocycles. The molecule has 1 N–H and O–H groups in total. The first kappa shape index (κ1) is 13.7. The van der Waals surface area contributed by atoms with Crippen molar-refractivity contribution in [2.24, 2.45) is 0 Å². The van der Waals surface area contributed by atoms with Gasteiger partial charge in [-0.2, -0.15) is 5.26 Å². The first-order valence-electron chi connectivity index (χ1n) is 5.41. The van der Waals surface area contributed by atoms with Crippen LogP contribution in [-0.2, 0) is 0 Å². The number of nitriles is 1. The molecule has 5 heteroatoms. The van der Waals surface area contributed by atoms with E-state index in [0.29, 0.717) is 26.2 Å². The zero-order valence-electron chi connectivity index (χ0n) is 9.72. The molecule has 0 aliphatic heterocycles. The van der Waals surface area contributed by atoms with E-state index in [9.17, 15) is 4.79 Å². The highest BCUT2D eigenvalue weighted by Crippen LogP contribution is 2.24. The number of hydrogen-bond acceptors (Lipinski definition) is 3. The highest BCUT2D eigenvalue weighted by atomic mass is 79.9. The molecule has 0 unspecified atom stereocenters. The summed E-state index contributed by atoms with van der Waals surface area (Å²) in [6, 6.07) is 14.1. The largest absolute Gasteiger partial charge is 0.321 e. The fraction of sp³-hybridized carbons (Fsp3) is 0. The van der Waals surface area contributed by atoms with Gasteiger partial charge in [0.05, 0.1) is 22.9 Å². The SMILES string of the molecule is N#Cc1ccc(NC(=O)c2ccccc2S)c(Br)c1. The predicted octanol–water partition coefficient (Wildman–Crippen LogP) is 3.86. The van der Waals surface area contributed by atoms with E-state index < -0.39 is 0 Å². The van der Waals surface area contributed by atoms with E-state index in [-0.39, 0.29) is 5.91 Å². The van der Waals surface area contributed by atoms with Gasteiger partial charge in [0.25, 0.3) is 5.91 Å². The smallest absolute Gasteiger partial charge is 0.256 e. The van der Waals surface area contributed by atoms with Crippen molar-refractivity contribution in [3.63, 3.8) is 0 Å². The maximum Gasteiger partial charge on any atom is 0.256 e. The Bertz CT molecular complexity index is 679. The summed E-state index contributed by atoms with van der Waals surface area (Å²) in [5.41, 5.74) is 1.64. The maximum absolute atomic E-state index is 12.1. The van der Waals surface area contributed by atoms with Gasteiger partial charge in [0, 0.05) is 9.37 Å². The number of anilines is 1. The van der Waals surface area contributed by atoms with Gasteiger partial charge in [-0.1, -0.05) is 12.1 Å². The molecule has 1 amide bonds. The van der Waals surface area contributed by atoms with Gasteiger partial charge < -0.3 is 5.32 Å². The zero-order valence-corrected chi connectivity index (χ0v) is 12.2. The minimum Gasteiger partial charge on any atom is -0.321 e. The molecule has 2 aromatic carbocycles. The van der Waals surface area contributed by atoms with Crippen LogP contribution in [0.15, 0.2) is 51.8 Å². The summed E-state index contributed by atoms with van der Waals surface area (Å²) in [7, 11) is 0. The Labute approximate surface area is 124 Å². The lowest BCUT2D eigenvalue weighted by atomic mass is 10.2. The summed E-state index contributed by atoms with van der Waals surface area (Å²) in [6.07, 6.45) is 0. The van der Waals surface area contributed by atoms with Crippen LogP contribution in [0.2, 0.25) is 0 Å². The van der Waals surface area contributed by atoms with Crippen LogP contribution in [0.25, 0.3) is 0 Å². The van der Waals surface area contributed by atoms with Crippen molar-refractivity contribution in [1.29, 1.82) is 5.26 Å². The van der Waals surface area contributed by atoms with Crippen LogP contribution in [0.4, 0.5) is 5.69 Å². The molecule has 94 valence electrons. The number of thiol groups is 1. The molecule has 0 fully saturated rings. The van der Waals surface area contributed by atoms with Crippen LogP contribution < -0.4 is 5.32 Å². The van der Waals surface area contributed by atoms with Crippen LogP contribution in [0.3, 0.4) is 0 Å². The molecule has 0 aliphatic rings. The van der Waals surface area contributed by atoms with Crippen molar-refractivity contribution >= 4 is 40.2 Å². The second-order valence-corrected chi connectivity index (χ2v) is 5.11. The molecule has 0 saturated carbocycles. The van der Waals surface area contributed by atoms with Gasteiger partial charge in [0.15, 0.2) is 0 Å². The van der Waals surface area contributed by atoms with Crippen LogP contribution >= 0.6 is 28.6 Å². The summed E-state index contributed by atoms with van der Waals surface area (Å²) in [4.78, 5) is 12.7. The van der Waals surface area contributed by atoms with E-state index in [0.717, 1.165) is 0 Å². The standard InChI is InChI=1S/C14H9BrN2OS/c15-11-7-9(8-16)5-6-12(11)17-14(18)10-3-1-2-4-13(10)19/h1-7,19H,(H,17,18). The average molecular weight is 333 g/mol. The van der Waals surface area contributed by atoms with Gasteiger partial charge in [-0.3, -0.25) is 4.79 Å². The molecule has 0 spiro atoms. The quantitative estimate of drug-likeness (QED) is 0.820. The molecule has 0 radical (unpaired) electrons. The first-order chi connectivity index (χ1) is 9.11. The minimum atomic E-state index is -0.240. The topological polar surface area (TPSA) is 52.9 Å². The molecule has 2 aromatic rings. The van der Waals surface area contributed by atoms with Crippen LogP contribution in [0.5, 0.6) is 0 Å². The second kappa shape index (κ2) is 5.91. The highest BCUT2D eigenvalue weighted by Gasteiger charge is 2.10. The number of carbonyl (C=O) groups excluding carboxylic acids is 1. The molecule has 3 nitrogen and oxygen atoms in total. The van der Waals surface area contributed by atoms with Gasteiger partial charge in [-0.25, -0.2) is 0 Å². The monoisotopic (exact) mass is 332 g/mol. The van der Waals surface area contributed by atoms with Crippen LogP contribution in [0.1, 0.15) is 15.9 Å². The lowest BCUT2D eigenvalue weighted by Gasteiger charge is -2.09. The molecule has 0 heterocycles. The number of benzene rings is 2. The summed E-state index contributed by atoms with van der Waals surface area (Å²) in [6.45, 7) is 0. The molecule has 0 atom stereocenters. The van der Waals surface area contributed by atoms with Crippen molar-refractivity contribution in [3.05, 3.63) is 58.1 Å². The highest BCUT2D eigenvalue weighted by molar-refractivity contribution is 9.10. The van der Waals surface area contributed by atoms with E-state index in [4.69, 9.17) is 5.26 Å². The third-order valence-electron chi connectivity index (χ3n) is 2.50. The van der Waals surface area contributed by atoms with Crippen LogP contribution in [-0.4, -0.2) is 5.91 Å². The van der Waals surface area contributed by atoms with Crippen molar-refractivity contribution < 1.29 is 4.79 Å². The lowest BCUT2D eigenvalue weighted by Crippen LogP contribution is -2.13. The van der Waals surface area contributed by atoms with Gasteiger partial charge in [-0.15, -0.1) is 12.6 Å². The van der Waals surface area contributed by atoms with Crippen molar-refractivity contribution in [2.75, 3.05) is 5.32 Å². The number of nitrogens with zero attached hydrogens (tertiary/aromatic N) is 1. The molecular weight excluding hydrogens is 324 g/mol. The zero-order chi connectivity index (χ0) is 13.8. The molecule has 2 rings (SSSR count). The molecule has 0 saturated heterocycles. The molecule has 0 bridgehead atoms. The number of hydrogen-bond donors (Lipinski definition) is 2. The number of rotatable bonds is 2. The Morgan fingerprint density at radius 1 is 1.26 bits per heavy atom. The van der Waals surface area contributed by atoms with Crippen LogP contribution in [0, 0.1) is 11.3 Å². The number of amides is 1. The van der Waals surface area contributed by atoms with E-state index in [1.54, 1.807) is 36.4 Å². The fourth-order valence-electron chi connectivity index (χ4n) is 1.54. The Hall–Kier alpha value is -1.77. The third-order valence-corrected chi connectivity index (χ3v) is 3.54. The van der Waals surface area contributed by atoms with Gasteiger partial charge >= 0.3 is 0 Å². The Morgan fingerprint density at radius 2 is 2.00 bits per heavy atom. The summed E-state index contributed by atoms with van der Waals surface area (Å²) < 4.78 is 0.663. The molecular formula is C14H9BrN2OS. The molecule has 0 aliphatic carbocycles. The fourth-order valence-corrected chi connectivity index (χ4v) is 2.28. The van der Waals surface area contributed by atoms with Crippen molar-refractivity contribution in [3.8, 4) is 6.07 Å². The Morgan fingerprint density at radius 3 is 2.63 bits per heavy atom. The number of carbonyl (C=O) groups is 1. The summed E-state index contributed by atoms with van der Waals surface area (Å²) in [5, 5.41) is 11.6. The van der Waals surface area contributed by atoms with Crippen molar-refractivity contribution in [1.82, 2.24) is 0 Å². The van der Waals surface area contributed by atoms with Crippen molar-refractivity contribution in [2.45, 2.75) is 4.90 Å². The third kappa shape index (κ3) is 3.16. The summed E-state index contributed by atoms with van der Waals surface area (Å²) >= 11 is 7.57. The lowest BCUT2D eigenvalue weighted by molar-refractivity contribution is 0.102. The Balaban J connectivity index is 2.25. The number of halogens is 1. The second-order valence-electron chi connectivity index (χ2n) is 3.78. The maximum atomic E-state index is 12.1. The van der Waals surface area contributed by atoms with Gasteiger partial charge in [-0.05, 0) is 46.3 Å². The summed E-state index contributed by atoms with van der Waals surface area (Å²) in [5.74, 6) is -0.240. The first-order valence-corrected chi connectivity index (χ1v) is 6.65. The van der Waals surface area contributed by atoms with E-state index >= 15 is 0 Å². The van der Waals surface area contributed by atoms with E-state index in [1.165, 1.54) is 0 Å².